The number of rotatable bonds is 4. The molecule has 5 heteroatoms. The molecule has 1 unspecified atom stereocenters. The van der Waals surface area contributed by atoms with Gasteiger partial charge in [-0.1, -0.05) is 6.07 Å². The Bertz CT molecular complexity index is 407. The molecule has 3 nitrogen and oxygen atoms in total. The van der Waals surface area contributed by atoms with Crippen LogP contribution >= 0.6 is 0 Å². The first-order chi connectivity index (χ1) is 7.91. The van der Waals surface area contributed by atoms with E-state index < -0.39 is 23.6 Å². The predicted molar refractivity (Wildman–Crippen MR) is 59.4 cm³/mol. The summed E-state index contributed by atoms with van der Waals surface area (Å²) in [6, 6.07) is 3.34. The van der Waals surface area contributed by atoms with Gasteiger partial charge in [-0.25, -0.2) is 8.78 Å². The van der Waals surface area contributed by atoms with E-state index >= 15 is 0 Å². The molecule has 1 N–H and O–H groups in total. The van der Waals surface area contributed by atoms with Crippen molar-refractivity contribution in [3.05, 3.63) is 35.4 Å². The third-order valence-corrected chi connectivity index (χ3v) is 2.47. The molecule has 1 rings (SSSR count). The molecule has 0 radical (unpaired) electrons. The van der Waals surface area contributed by atoms with Gasteiger partial charge in [0.25, 0.3) is 5.91 Å². The predicted octanol–water partition coefficient (Wildman–Crippen LogP) is 1.35. The summed E-state index contributed by atoms with van der Waals surface area (Å²) in [5.41, 5.74) is 0.344. The van der Waals surface area contributed by atoms with E-state index in [1.165, 1.54) is 31.0 Å². The maximum absolute atomic E-state index is 13.3. The van der Waals surface area contributed by atoms with Crippen molar-refractivity contribution >= 4 is 5.91 Å². The van der Waals surface area contributed by atoms with E-state index in [9.17, 15) is 13.6 Å². The summed E-state index contributed by atoms with van der Waals surface area (Å²) in [7, 11) is 1.52. The Morgan fingerprint density at radius 3 is 2.65 bits per heavy atom. The van der Waals surface area contributed by atoms with Gasteiger partial charge >= 0.3 is 0 Å². The van der Waals surface area contributed by atoms with Crippen molar-refractivity contribution in [2.75, 3.05) is 13.6 Å². The smallest absolute Gasteiger partial charge is 0.250 e. The van der Waals surface area contributed by atoms with E-state index in [1.807, 2.05) is 0 Å². The van der Waals surface area contributed by atoms with Crippen molar-refractivity contribution in [1.82, 2.24) is 4.90 Å². The SMILES string of the molecule is CC(O)C(=O)N(C)CCc1ccc(F)cc1F. The molecule has 0 bridgehead atoms. The quantitative estimate of drug-likeness (QED) is 0.867. The van der Waals surface area contributed by atoms with Gasteiger partial charge < -0.3 is 10.0 Å². The van der Waals surface area contributed by atoms with Crippen LogP contribution < -0.4 is 0 Å². The Morgan fingerprint density at radius 1 is 1.47 bits per heavy atom. The van der Waals surface area contributed by atoms with Gasteiger partial charge in [-0.3, -0.25) is 4.79 Å². The Morgan fingerprint density at radius 2 is 2.12 bits per heavy atom. The average Bonchev–Trinajstić information content (AvgIpc) is 2.26. The van der Waals surface area contributed by atoms with Gasteiger partial charge in [-0.05, 0) is 25.0 Å². The first-order valence-electron chi connectivity index (χ1n) is 5.28. The molecule has 1 atom stereocenters. The average molecular weight is 243 g/mol. The molecule has 0 fully saturated rings. The molecule has 0 aromatic heterocycles. The summed E-state index contributed by atoms with van der Waals surface area (Å²) in [4.78, 5) is 12.6. The zero-order valence-electron chi connectivity index (χ0n) is 9.78. The molecular weight excluding hydrogens is 228 g/mol. The molecule has 0 aliphatic heterocycles. The number of hydrogen-bond acceptors (Lipinski definition) is 2. The fourth-order valence-corrected chi connectivity index (χ4v) is 1.44. The van der Waals surface area contributed by atoms with Crippen LogP contribution in [0.5, 0.6) is 0 Å². The van der Waals surface area contributed by atoms with Gasteiger partial charge in [0, 0.05) is 19.7 Å². The van der Waals surface area contributed by atoms with Crippen LogP contribution in [0.4, 0.5) is 8.78 Å². The van der Waals surface area contributed by atoms with Crippen LogP contribution in [0.1, 0.15) is 12.5 Å². The van der Waals surface area contributed by atoms with Crippen LogP contribution in [-0.4, -0.2) is 35.6 Å². The standard InChI is InChI=1S/C12H15F2NO2/c1-8(16)12(17)15(2)6-5-9-3-4-10(13)7-11(9)14/h3-4,7-8,16H,5-6H2,1-2H3. The molecule has 0 saturated heterocycles. The second-order valence-electron chi connectivity index (χ2n) is 3.92. The third kappa shape index (κ3) is 3.78. The Kier molecular flexibility index (Phi) is 4.57. The first-order valence-corrected chi connectivity index (χ1v) is 5.28. The number of carbonyl (C=O) groups excluding carboxylic acids is 1. The second-order valence-corrected chi connectivity index (χ2v) is 3.92. The number of amides is 1. The summed E-state index contributed by atoms with van der Waals surface area (Å²) >= 11 is 0. The molecule has 1 aromatic rings. The summed E-state index contributed by atoms with van der Waals surface area (Å²) in [6.07, 6.45) is -0.792. The van der Waals surface area contributed by atoms with Gasteiger partial charge in [0.1, 0.15) is 17.7 Å². The number of nitrogens with zero attached hydrogens (tertiary/aromatic N) is 1. The lowest BCUT2D eigenvalue weighted by Crippen LogP contribution is -2.36. The van der Waals surface area contributed by atoms with E-state index in [4.69, 9.17) is 5.11 Å². The first kappa shape index (κ1) is 13.6. The van der Waals surface area contributed by atoms with Crippen molar-refractivity contribution in [2.24, 2.45) is 0 Å². The van der Waals surface area contributed by atoms with E-state index in [1.54, 1.807) is 0 Å². The number of aliphatic hydroxyl groups excluding tert-OH is 1. The van der Waals surface area contributed by atoms with Gasteiger partial charge in [-0.2, -0.15) is 0 Å². The van der Waals surface area contributed by atoms with Gasteiger partial charge in [0.15, 0.2) is 0 Å². The molecule has 17 heavy (non-hydrogen) atoms. The summed E-state index contributed by atoms with van der Waals surface area (Å²) < 4.78 is 25.9. The van der Waals surface area contributed by atoms with Crippen LogP contribution in [0, 0.1) is 11.6 Å². The molecular formula is C12H15F2NO2. The zero-order valence-corrected chi connectivity index (χ0v) is 9.78. The summed E-state index contributed by atoms with van der Waals surface area (Å²) in [6.45, 7) is 1.64. The van der Waals surface area contributed by atoms with E-state index in [2.05, 4.69) is 0 Å². The highest BCUT2D eigenvalue weighted by atomic mass is 19.1. The fraction of sp³-hybridized carbons (Fsp3) is 0.417. The highest BCUT2D eigenvalue weighted by molar-refractivity contribution is 5.79. The molecule has 0 heterocycles. The van der Waals surface area contributed by atoms with Crippen LogP contribution in [-0.2, 0) is 11.2 Å². The maximum atomic E-state index is 13.3. The lowest BCUT2D eigenvalue weighted by Gasteiger charge is -2.18. The van der Waals surface area contributed by atoms with Crippen LogP contribution in [0.3, 0.4) is 0 Å². The lowest BCUT2D eigenvalue weighted by molar-refractivity contribution is -0.137. The molecule has 0 aliphatic carbocycles. The van der Waals surface area contributed by atoms with Gasteiger partial charge in [-0.15, -0.1) is 0 Å². The number of likely N-dealkylation sites (N-methyl/N-ethyl adjacent to an activating group) is 1. The second kappa shape index (κ2) is 5.72. The summed E-state index contributed by atoms with van der Waals surface area (Å²) in [5.74, 6) is -1.67. The Balaban J connectivity index is 2.59. The number of hydrogen-bond donors (Lipinski definition) is 1. The van der Waals surface area contributed by atoms with Crippen LogP contribution in [0.25, 0.3) is 0 Å². The van der Waals surface area contributed by atoms with Crippen molar-refractivity contribution in [2.45, 2.75) is 19.4 Å². The Labute approximate surface area is 98.7 Å². The minimum Gasteiger partial charge on any atom is -0.384 e. The van der Waals surface area contributed by atoms with Gasteiger partial charge in [0.2, 0.25) is 0 Å². The van der Waals surface area contributed by atoms with Crippen LogP contribution in [0.15, 0.2) is 18.2 Å². The lowest BCUT2D eigenvalue weighted by atomic mass is 10.1. The minimum atomic E-state index is -1.07. The molecule has 0 aliphatic rings. The number of aliphatic hydroxyl groups is 1. The highest BCUT2D eigenvalue weighted by Gasteiger charge is 2.14. The van der Waals surface area contributed by atoms with Gasteiger partial charge in [0.05, 0.1) is 0 Å². The minimum absolute atomic E-state index is 0.270. The van der Waals surface area contributed by atoms with E-state index in [0.717, 1.165) is 6.07 Å². The van der Waals surface area contributed by atoms with E-state index in [-0.39, 0.29) is 13.0 Å². The molecule has 1 amide bonds. The zero-order chi connectivity index (χ0) is 13.0. The Hall–Kier alpha value is -1.49. The summed E-state index contributed by atoms with van der Waals surface area (Å²) in [5, 5.41) is 9.06. The largest absolute Gasteiger partial charge is 0.384 e. The third-order valence-electron chi connectivity index (χ3n) is 2.47. The maximum Gasteiger partial charge on any atom is 0.250 e. The van der Waals surface area contributed by atoms with Crippen LogP contribution in [0.2, 0.25) is 0 Å². The molecule has 0 saturated carbocycles. The molecule has 1 aromatic carbocycles. The van der Waals surface area contributed by atoms with Crippen molar-refractivity contribution in [3.63, 3.8) is 0 Å². The number of halogens is 2. The number of carbonyl (C=O) groups is 1. The fourth-order valence-electron chi connectivity index (χ4n) is 1.44. The van der Waals surface area contributed by atoms with E-state index in [0.29, 0.717) is 5.56 Å². The highest BCUT2D eigenvalue weighted by Crippen LogP contribution is 2.10. The van der Waals surface area contributed by atoms with Crippen molar-refractivity contribution in [3.8, 4) is 0 Å². The van der Waals surface area contributed by atoms with Crippen molar-refractivity contribution < 1.29 is 18.7 Å². The normalized spacial score (nSPS) is 12.3. The molecule has 94 valence electrons. The monoisotopic (exact) mass is 243 g/mol. The topological polar surface area (TPSA) is 40.5 Å². The van der Waals surface area contributed by atoms with Crippen molar-refractivity contribution in [1.29, 1.82) is 0 Å². The number of benzene rings is 1. The molecule has 0 spiro atoms.